The number of halogens is 1. The molecule has 0 saturated heterocycles. The van der Waals surface area contributed by atoms with Crippen LogP contribution >= 0.6 is 15.9 Å². The molecule has 3 rings (SSSR count). The summed E-state index contributed by atoms with van der Waals surface area (Å²) >= 11 is 3.45. The summed E-state index contributed by atoms with van der Waals surface area (Å²) in [5.41, 5.74) is 4.71. The molecule has 122 valence electrons. The molecule has 0 radical (unpaired) electrons. The van der Waals surface area contributed by atoms with Crippen molar-refractivity contribution < 1.29 is 4.74 Å². The highest BCUT2D eigenvalue weighted by Gasteiger charge is 2.05. The first kappa shape index (κ1) is 16.6. The van der Waals surface area contributed by atoms with Gasteiger partial charge in [-0.2, -0.15) is 0 Å². The molecule has 3 aromatic carbocycles. The average Bonchev–Trinajstić information content (AvgIpc) is 2.61. The fourth-order valence-electron chi connectivity index (χ4n) is 2.48. The first-order valence-electron chi connectivity index (χ1n) is 7.97. The van der Waals surface area contributed by atoms with Gasteiger partial charge in [0.2, 0.25) is 0 Å². The highest BCUT2D eigenvalue weighted by molar-refractivity contribution is 9.10. The van der Waals surface area contributed by atoms with Crippen molar-refractivity contribution in [2.24, 2.45) is 0 Å². The van der Waals surface area contributed by atoms with Crippen molar-refractivity contribution in [3.63, 3.8) is 0 Å². The molecule has 24 heavy (non-hydrogen) atoms. The Morgan fingerprint density at radius 3 is 2.25 bits per heavy atom. The van der Waals surface area contributed by atoms with Crippen molar-refractivity contribution in [3.8, 4) is 5.75 Å². The van der Waals surface area contributed by atoms with Gasteiger partial charge in [-0.25, -0.2) is 0 Å². The van der Waals surface area contributed by atoms with Crippen LogP contribution in [0.5, 0.6) is 5.75 Å². The fourth-order valence-corrected chi connectivity index (χ4v) is 2.75. The van der Waals surface area contributed by atoms with E-state index in [1.54, 1.807) is 0 Å². The number of hydrogen-bond donors (Lipinski definition) is 1. The minimum atomic E-state index is 0.585. The number of anilines is 1. The molecule has 0 bridgehead atoms. The van der Waals surface area contributed by atoms with E-state index in [2.05, 4.69) is 64.6 Å². The molecule has 0 aliphatic carbocycles. The molecule has 0 spiro atoms. The maximum atomic E-state index is 6.06. The van der Waals surface area contributed by atoms with E-state index < -0.39 is 0 Å². The molecule has 0 amide bonds. The standard InChI is InChI=1S/C21H20BrNO/c1-16-6-2-3-8-18(16)15-24-21-9-5-4-7-17(21)14-23-20-12-10-19(22)11-13-20/h2-13,23H,14-15H2,1H3. The lowest BCUT2D eigenvalue weighted by Crippen LogP contribution is -2.04. The maximum Gasteiger partial charge on any atom is 0.124 e. The SMILES string of the molecule is Cc1ccccc1COc1ccccc1CNc1ccc(Br)cc1. The summed E-state index contributed by atoms with van der Waals surface area (Å²) in [4.78, 5) is 0. The van der Waals surface area contributed by atoms with Gasteiger partial charge in [-0.05, 0) is 48.4 Å². The Hall–Kier alpha value is -2.26. The van der Waals surface area contributed by atoms with Crippen LogP contribution in [-0.2, 0) is 13.2 Å². The first-order valence-corrected chi connectivity index (χ1v) is 8.76. The second-order valence-electron chi connectivity index (χ2n) is 5.68. The molecule has 0 saturated carbocycles. The highest BCUT2D eigenvalue weighted by atomic mass is 79.9. The van der Waals surface area contributed by atoms with E-state index >= 15 is 0 Å². The first-order chi connectivity index (χ1) is 11.7. The van der Waals surface area contributed by atoms with Crippen molar-refractivity contribution in [2.75, 3.05) is 5.32 Å². The van der Waals surface area contributed by atoms with Gasteiger partial charge in [0, 0.05) is 22.3 Å². The Kier molecular flexibility index (Phi) is 5.55. The van der Waals surface area contributed by atoms with Crippen LogP contribution in [0.15, 0.2) is 77.3 Å². The second kappa shape index (κ2) is 8.02. The van der Waals surface area contributed by atoms with Gasteiger partial charge in [0.15, 0.2) is 0 Å². The molecule has 1 N–H and O–H groups in total. The zero-order chi connectivity index (χ0) is 16.8. The predicted octanol–water partition coefficient (Wildman–Crippen LogP) is 5.95. The van der Waals surface area contributed by atoms with Gasteiger partial charge in [-0.3, -0.25) is 0 Å². The van der Waals surface area contributed by atoms with Crippen molar-refractivity contribution in [2.45, 2.75) is 20.1 Å². The lowest BCUT2D eigenvalue weighted by atomic mass is 10.1. The molecule has 0 unspecified atom stereocenters. The van der Waals surface area contributed by atoms with Gasteiger partial charge in [0.05, 0.1) is 0 Å². The number of hydrogen-bond acceptors (Lipinski definition) is 2. The lowest BCUT2D eigenvalue weighted by molar-refractivity contribution is 0.302. The van der Waals surface area contributed by atoms with E-state index in [4.69, 9.17) is 4.74 Å². The fraction of sp³-hybridized carbons (Fsp3) is 0.143. The number of para-hydroxylation sites is 1. The van der Waals surface area contributed by atoms with Gasteiger partial charge in [0.25, 0.3) is 0 Å². The number of rotatable bonds is 6. The second-order valence-corrected chi connectivity index (χ2v) is 6.60. The molecule has 3 aromatic rings. The van der Waals surface area contributed by atoms with E-state index in [0.29, 0.717) is 6.61 Å². The number of benzene rings is 3. The largest absolute Gasteiger partial charge is 0.489 e. The minimum absolute atomic E-state index is 0.585. The average molecular weight is 382 g/mol. The molecule has 0 aliphatic rings. The molecule has 0 atom stereocenters. The zero-order valence-electron chi connectivity index (χ0n) is 13.6. The van der Waals surface area contributed by atoms with E-state index in [-0.39, 0.29) is 0 Å². The summed E-state index contributed by atoms with van der Waals surface area (Å²) in [7, 11) is 0. The molecular weight excluding hydrogens is 362 g/mol. The molecule has 0 fully saturated rings. The van der Waals surface area contributed by atoms with Crippen molar-refractivity contribution in [3.05, 3.63) is 94.0 Å². The van der Waals surface area contributed by atoms with Gasteiger partial charge in [-0.1, -0.05) is 58.4 Å². The summed E-state index contributed by atoms with van der Waals surface area (Å²) in [5.74, 6) is 0.922. The van der Waals surface area contributed by atoms with Crippen LogP contribution in [0.2, 0.25) is 0 Å². The van der Waals surface area contributed by atoms with Crippen molar-refractivity contribution in [1.82, 2.24) is 0 Å². The van der Waals surface area contributed by atoms with Crippen LogP contribution in [0.1, 0.15) is 16.7 Å². The predicted molar refractivity (Wildman–Crippen MR) is 103 cm³/mol. The quantitative estimate of drug-likeness (QED) is 0.569. The van der Waals surface area contributed by atoms with Gasteiger partial charge in [0.1, 0.15) is 12.4 Å². The van der Waals surface area contributed by atoms with Crippen LogP contribution in [0, 0.1) is 6.92 Å². The Morgan fingerprint density at radius 2 is 1.50 bits per heavy atom. The van der Waals surface area contributed by atoms with Crippen LogP contribution in [-0.4, -0.2) is 0 Å². The Labute approximate surface area is 151 Å². The van der Waals surface area contributed by atoms with Gasteiger partial charge >= 0.3 is 0 Å². The molecule has 0 aliphatic heterocycles. The third-order valence-electron chi connectivity index (χ3n) is 3.94. The van der Waals surface area contributed by atoms with Crippen LogP contribution < -0.4 is 10.1 Å². The normalized spacial score (nSPS) is 10.4. The van der Waals surface area contributed by atoms with Crippen molar-refractivity contribution in [1.29, 1.82) is 0 Å². The maximum absolute atomic E-state index is 6.06. The molecule has 0 heterocycles. The molecule has 2 nitrogen and oxygen atoms in total. The number of ether oxygens (including phenoxy) is 1. The molecule has 0 aromatic heterocycles. The Morgan fingerprint density at radius 1 is 0.833 bits per heavy atom. The Bertz CT molecular complexity index is 799. The van der Waals surface area contributed by atoms with Gasteiger partial charge < -0.3 is 10.1 Å². The number of aryl methyl sites for hydroxylation is 1. The minimum Gasteiger partial charge on any atom is -0.489 e. The highest BCUT2D eigenvalue weighted by Crippen LogP contribution is 2.22. The molecular formula is C21H20BrNO. The summed E-state index contributed by atoms with van der Waals surface area (Å²) < 4.78 is 7.14. The van der Waals surface area contributed by atoms with Crippen molar-refractivity contribution >= 4 is 21.6 Å². The zero-order valence-corrected chi connectivity index (χ0v) is 15.2. The smallest absolute Gasteiger partial charge is 0.124 e. The third kappa shape index (κ3) is 4.39. The monoisotopic (exact) mass is 381 g/mol. The van der Waals surface area contributed by atoms with E-state index in [0.717, 1.165) is 28.0 Å². The lowest BCUT2D eigenvalue weighted by Gasteiger charge is -2.14. The van der Waals surface area contributed by atoms with E-state index in [1.165, 1.54) is 11.1 Å². The summed E-state index contributed by atoms with van der Waals surface area (Å²) in [6.07, 6.45) is 0. The van der Waals surface area contributed by atoms with Crippen LogP contribution in [0.25, 0.3) is 0 Å². The summed E-state index contributed by atoms with van der Waals surface area (Å²) in [6.45, 7) is 3.42. The van der Waals surface area contributed by atoms with E-state index in [9.17, 15) is 0 Å². The number of nitrogens with one attached hydrogen (secondary N) is 1. The van der Waals surface area contributed by atoms with Crippen LogP contribution in [0.3, 0.4) is 0 Å². The summed E-state index contributed by atoms with van der Waals surface area (Å²) in [5, 5.41) is 3.44. The topological polar surface area (TPSA) is 21.3 Å². The third-order valence-corrected chi connectivity index (χ3v) is 4.47. The van der Waals surface area contributed by atoms with Gasteiger partial charge in [-0.15, -0.1) is 0 Å². The summed E-state index contributed by atoms with van der Waals surface area (Å²) in [6, 6.07) is 24.7. The Balaban J connectivity index is 1.66. The van der Waals surface area contributed by atoms with E-state index in [1.807, 2.05) is 36.4 Å². The van der Waals surface area contributed by atoms with Crippen LogP contribution in [0.4, 0.5) is 5.69 Å². The molecule has 3 heteroatoms.